The molecule has 5 nitrogen and oxygen atoms in total. The van der Waals surface area contributed by atoms with Crippen LogP contribution in [-0.2, 0) is 25.5 Å². The molecular formula is C55H46GeIrN4OS-2. The molecule has 0 fully saturated rings. The molecule has 0 aliphatic carbocycles. The number of aryl methyl sites for hydroxylation is 1. The molecule has 0 unspecified atom stereocenters. The summed E-state index contributed by atoms with van der Waals surface area (Å²) in [6, 6.07) is 57.5. The fourth-order valence-electron chi connectivity index (χ4n) is 8.18. The minimum atomic E-state index is -1.72. The van der Waals surface area contributed by atoms with Gasteiger partial charge in [0.05, 0.1) is 28.1 Å². The smallest absolute Gasteiger partial charge is 0 e. The summed E-state index contributed by atoms with van der Waals surface area (Å²) in [7, 11) is 0. The van der Waals surface area contributed by atoms with E-state index in [-0.39, 0.29) is 25.5 Å². The molecule has 0 aliphatic heterocycles. The van der Waals surface area contributed by atoms with Crippen LogP contribution in [0.2, 0.25) is 17.3 Å². The maximum Gasteiger partial charge on any atom is 0 e. The molecule has 0 saturated heterocycles. The summed E-state index contributed by atoms with van der Waals surface area (Å²) < 4.78 is 12.9. The minimum absolute atomic E-state index is 0. The van der Waals surface area contributed by atoms with E-state index in [4.69, 9.17) is 14.4 Å². The van der Waals surface area contributed by atoms with Gasteiger partial charge in [-0.05, 0) is 53.4 Å². The van der Waals surface area contributed by atoms with Crippen molar-refractivity contribution in [1.82, 2.24) is 19.5 Å². The first-order chi connectivity index (χ1) is 29.9. The van der Waals surface area contributed by atoms with Gasteiger partial charge in [-0.25, -0.2) is 4.98 Å². The number of fused-ring (bicyclic) bond motifs is 7. The monoisotopic (exact) mass is 1080 g/mol. The summed E-state index contributed by atoms with van der Waals surface area (Å²) in [5.41, 5.74) is 11.8. The van der Waals surface area contributed by atoms with Crippen LogP contribution >= 0.6 is 11.3 Å². The van der Waals surface area contributed by atoms with Crippen molar-refractivity contribution in [2.75, 3.05) is 0 Å². The Morgan fingerprint density at radius 3 is 2.14 bits per heavy atom. The van der Waals surface area contributed by atoms with Gasteiger partial charge in [0.1, 0.15) is 0 Å². The first kappa shape index (κ1) is 42.6. The van der Waals surface area contributed by atoms with Gasteiger partial charge in [0.2, 0.25) is 5.71 Å². The number of imidazole rings is 1. The van der Waals surface area contributed by atoms with Crippen LogP contribution in [0.5, 0.6) is 0 Å². The van der Waals surface area contributed by atoms with Crippen LogP contribution in [0.1, 0.15) is 31.9 Å². The molecule has 5 aromatic heterocycles. The van der Waals surface area contributed by atoms with Crippen LogP contribution in [0.25, 0.3) is 92.9 Å². The third-order valence-corrected chi connectivity index (χ3v) is 17.0. The Bertz CT molecular complexity index is 3430. The number of pyridine rings is 2. The van der Waals surface area contributed by atoms with E-state index in [1.807, 2.05) is 72.1 Å². The van der Waals surface area contributed by atoms with E-state index >= 15 is 0 Å². The molecular weight excluding hydrogens is 1030 g/mol. The maximum atomic E-state index is 6.62. The number of para-hydroxylation sites is 2. The van der Waals surface area contributed by atoms with Crippen LogP contribution in [0, 0.1) is 19.1 Å². The van der Waals surface area contributed by atoms with Crippen LogP contribution in [0.15, 0.2) is 156 Å². The Morgan fingerprint density at radius 2 is 1.41 bits per heavy atom. The molecule has 11 aromatic rings. The van der Waals surface area contributed by atoms with Crippen LogP contribution < -0.4 is 4.40 Å². The van der Waals surface area contributed by atoms with Gasteiger partial charge in [0.25, 0.3) is 0 Å². The first-order valence-corrected chi connectivity index (χ1v) is 29.3. The van der Waals surface area contributed by atoms with Gasteiger partial charge in [-0.2, -0.15) is 0 Å². The van der Waals surface area contributed by atoms with Crippen molar-refractivity contribution in [1.29, 1.82) is 0 Å². The fraction of sp³-hybridized carbons (Fsp3) is 0.145. The summed E-state index contributed by atoms with van der Waals surface area (Å²) in [6.07, 6.45) is 2.04. The van der Waals surface area contributed by atoms with E-state index < -0.39 is 13.3 Å². The van der Waals surface area contributed by atoms with Crippen molar-refractivity contribution >= 4 is 82.3 Å². The normalized spacial score (nSPS) is 11.9. The number of hydrogen-bond acceptors (Lipinski definition) is 5. The van der Waals surface area contributed by atoms with Crippen molar-refractivity contribution in [3.8, 4) is 39.6 Å². The average molecular weight is 1080 g/mol. The molecule has 0 bridgehead atoms. The van der Waals surface area contributed by atoms with E-state index in [1.54, 1.807) is 0 Å². The number of thiophene rings is 1. The Morgan fingerprint density at radius 1 is 0.698 bits per heavy atom. The summed E-state index contributed by atoms with van der Waals surface area (Å²) in [5, 5.41) is 4.61. The van der Waals surface area contributed by atoms with Crippen molar-refractivity contribution < 1.29 is 24.5 Å². The molecule has 1 radical (unpaired) electrons. The summed E-state index contributed by atoms with van der Waals surface area (Å²) >= 11 is 0.133. The number of aromatic nitrogens is 4. The molecule has 8 heteroatoms. The molecule has 6 aromatic carbocycles. The topological polar surface area (TPSA) is 56.7 Å². The van der Waals surface area contributed by atoms with E-state index in [9.17, 15) is 0 Å². The zero-order chi connectivity index (χ0) is 42.8. The SMILES string of the molecule is Cc1c[c-]c(-c2nc3ccccc3n2-c2ccc3c(c2)sc2cc(C(C)(C)C)ccc23)c2oc3nc(-c4ccccc4)ccc3c12.[CH3][Ge]([CH3])([CH3])[c]1ccc(-c2[c-]cccc2)nc1.[Ir]. The van der Waals surface area contributed by atoms with Crippen LogP contribution in [0.4, 0.5) is 0 Å². The zero-order valence-corrected chi connectivity index (χ0v) is 41.7. The second-order valence-corrected chi connectivity index (χ2v) is 29.8. The number of nitrogens with zero attached hydrogens (tertiary/aromatic N) is 4. The van der Waals surface area contributed by atoms with Crippen molar-refractivity contribution in [3.63, 3.8) is 0 Å². The predicted octanol–water partition coefficient (Wildman–Crippen LogP) is 14.5. The van der Waals surface area contributed by atoms with Gasteiger partial charge in [-0.3, -0.25) is 4.98 Å². The molecule has 0 saturated carbocycles. The predicted molar refractivity (Wildman–Crippen MR) is 264 cm³/mol. The molecule has 0 amide bonds. The van der Waals surface area contributed by atoms with Gasteiger partial charge >= 0.3 is 99.8 Å². The molecule has 0 aliphatic rings. The van der Waals surface area contributed by atoms with Crippen LogP contribution in [-0.4, -0.2) is 32.8 Å². The minimum Gasteiger partial charge on any atom is 0 e. The molecule has 313 valence electrons. The van der Waals surface area contributed by atoms with Crippen molar-refractivity contribution in [2.45, 2.75) is 50.4 Å². The molecule has 0 spiro atoms. The Kier molecular flexibility index (Phi) is 11.3. The molecule has 0 atom stereocenters. The van der Waals surface area contributed by atoms with E-state index in [1.165, 1.54) is 30.1 Å². The van der Waals surface area contributed by atoms with E-state index in [0.717, 1.165) is 72.5 Å². The standard InChI is InChI=1S/C41H30N3OS.C14H16GeN.Ir/c1-24-14-17-31(38-37(24)30-20-21-32(43-40(30)45-38)25-10-6-5-7-11-25)39-42-33-12-8-9-13-34(33)44(39)27-16-19-29-28-18-15-26(41(2,3)4)22-35(28)46-36(29)23-27;1-15(2,3)13-9-10-14(16-11-13)12-7-5-4-6-8-12;/h5-16,18-23H,1-4H3;4-7,9-11H,1-3H3;/q2*-1;. The van der Waals surface area contributed by atoms with Crippen molar-refractivity contribution in [2.24, 2.45) is 0 Å². The van der Waals surface area contributed by atoms with Gasteiger partial charge < -0.3 is 8.98 Å². The Balaban J connectivity index is 0.000000251. The quantitative estimate of drug-likeness (QED) is 0.127. The summed E-state index contributed by atoms with van der Waals surface area (Å²) in [4.78, 5) is 14.7. The van der Waals surface area contributed by atoms with E-state index in [2.05, 4.69) is 158 Å². The van der Waals surface area contributed by atoms with Gasteiger partial charge in [0.15, 0.2) is 0 Å². The van der Waals surface area contributed by atoms with Crippen molar-refractivity contribution in [3.05, 3.63) is 175 Å². The Hall–Kier alpha value is -5.70. The Labute approximate surface area is 388 Å². The second-order valence-electron chi connectivity index (χ2n) is 18.0. The zero-order valence-electron chi connectivity index (χ0n) is 36.4. The summed E-state index contributed by atoms with van der Waals surface area (Å²) in [6.45, 7) is 8.91. The third kappa shape index (κ3) is 8.08. The van der Waals surface area contributed by atoms with E-state index in [0.29, 0.717) is 5.71 Å². The maximum absolute atomic E-state index is 6.62. The first-order valence-electron chi connectivity index (χ1n) is 21.1. The van der Waals surface area contributed by atoms with Crippen LogP contribution in [0.3, 0.4) is 0 Å². The molecule has 0 N–H and O–H groups in total. The fourth-order valence-corrected chi connectivity index (χ4v) is 11.5. The van der Waals surface area contributed by atoms with Gasteiger partial charge in [-0.1, -0.05) is 99.3 Å². The largest absolute Gasteiger partial charge is 0 e. The third-order valence-electron chi connectivity index (χ3n) is 11.7. The van der Waals surface area contributed by atoms with Gasteiger partial charge in [-0.15, -0.1) is 29.0 Å². The number of rotatable bonds is 5. The number of furan rings is 1. The molecule has 5 heterocycles. The van der Waals surface area contributed by atoms with Gasteiger partial charge in [0, 0.05) is 56.9 Å². The number of benzene rings is 6. The summed E-state index contributed by atoms with van der Waals surface area (Å²) in [5.74, 6) is 7.94. The molecule has 63 heavy (non-hydrogen) atoms. The second kappa shape index (κ2) is 16.8. The number of hydrogen-bond donors (Lipinski definition) is 0. The molecule has 11 rings (SSSR count). The average Bonchev–Trinajstić information content (AvgIpc) is 3.98.